The van der Waals surface area contributed by atoms with Gasteiger partial charge in [-0.05, 0) is 77.0 Å². The highest BCUT2D eigenvalue weighted by atomic mass is 16.5. The number of benzene rings is 1. The molecule has 7 heteroatoms. The first kappa shape index (κ1) is 36.3. The zero-order chi connectivity index (χ0) is 31.5. The number of hydrogen-bond acceptors (Lipinski definition) is 6. The van der Waals surface area contributed by atoms with Gasteiger partial charge >= 0.3 is 0 Å². The van der Waals surface area contributed by atoms with Gasteiger partial charge in [0.1, 0.15) is 18.5 Å². The topological polar surface area (TPSA) is 75.3 Å². The molecule has 0 spiro atoms. The van der Waals surface area contributed by atoms with E-state index in [9.17, 15) is 0 Å². The molecule has 2 fully saturated rings. The Labute approximate surface area is 262 Å². The van der Waals surface area contributed by atoms with Gasteiger partial charge in [0, 0.05) is 31.2 Å². The van der Waals surface area contributed by atoms with E-state index in [0.29, 0.717) is 30.7 Å². The molecule has 1 aromatic heterocycles. The molecule has 1 saturated carbocycles. The van der Waals surface area contributed by atoms with Crippen molar-refractivity contribution in [2.24, 2.45) is 0 Å². The fraction of sp³-hybridized carbons (Fsp3) is 0.611. The minimum absolute atomic E-state index is 0.218. The third-order valence-corrected chi connectivity index (χ3v) is 8.51. The highest BCUT2D eigenvalue weighted by molar-refractivity contribution is 5.43. The number of nitrogens with one attached hydrogen (secondary N) is 1. The van der Waals surface area contributed by atoms with Crippen LogP contribution in [0, 0.1) is 11.3 Å². The molecular formula is C36H57N5O2. The van der Waals surface area contributed by atoms with Gasteiger partial charge in [0.2, 0.25) is 0 Å². The van der Waals surface area contributed by atoms with Crippen LogP contribution in [0.4, 0.5) is 0 Å². The SMILES string of the molecule is C/C=C(\C)Oc1ccccc1C#N.C=C1CCCCCC1NCC1(CC)CCCN1COCc1cncn1CCC.CC. The molecule has 1 aliphatic heterocycles. The van der Waals surface area contributed by atoms with Crippen LogP contribution >= 0.6 is 0 Å². The summed E-state index contributed by atoms with van der Waals surface area (Å²) in [5, 5.41) is 12.6. The second-order valence-electron chi connectivity index (χ2n) is 11.3. The molecule has 1 aliphatic carbocycles. The van der Waals surface area contributed by atoms with Gasteiger partial charge in [-0.1, -0.05) is 64.8 Å². The van der Waals surface area contributed by atoms with E-state index in [1.165, 1.54) is 56.2 Å². The van der Waals surface area contributed by atoms with Gasteiger partial charge in [-0.25, -0.2) is 4.98 Å². The van der Waals surface area contributed by atoms with Gasteiger partial charge in [-0.15, -0.1) is 0 Å². The minimum atomic E-state index is 0.218. The molecule has 0 bridgehead atoms. The fourth-order valence-corrected chi connectivity index (χ4v) is 5.79. The van der Waals surface area contributed by atoms with Crippen molar-refractivity contribution < 1.29 is 9.47 Å². The number of nitriles is 1. The first-order valence-electron chi connectivity index (χ1n) is 16.5. The lowest BCUT2D eigenvalue weighted by Crippen LogP contribution is -2.53. The van der Waals surface area contributed by atoms with Crippen LogP contribution in [-0.4, -0.2) is 45.9 Å². The number of aryl methyl sites for hydroxylation is 1. The lowest BCUT2D eigenvalue weighted by atomic mass is 9.91. The molecule has 1 aromatic carbocycles. The van der Waals surface area contributed by atoms with Gasteiger partial charge in [-0.2, -0.15) is 5.26 Å². The number of ether oxygens (including phenoxy) is 2. The Morgan fingerprint density at radius 2 is 2.00 bits per heavy atom. The van der Waals surface area contributed by atoms with Gasteiger partial charge in [0.05, 0.1) is 36.1 Å². The summed E-state index contributed by atoms with van der Waals surface area (Å²) in [5.74, 6) is 1.41. The molecule has 1 saturated heterocycles. The van der Waals surface area contributed by atoms with Crippen LogP contribution in [0.2, 0.25) is 0 Å². The molecule has 1 N–H and O–H groups in total. The summed E-state index contributed by atoms with van der Waals surface area (Å²) in [7, 11) is 0. The van der Waals surface area contributed by atoms with Crippen molar-refractivity contribution in [1.29, 1.82) is 5.26 Å². The predicted molar refractivity (Wildman–Crippen MR) is 178 cm³/mol. The largest absolute Gasteiger partial charge is 0.461 e. The second kappa shape index (κ2) is 20.1. The van der Waals surface area contributed by atoms with Gasteiger partial charge in [-0.3, -0.25) is 4.90 Å². The second-order valence-corrected chi connectivity index (χ2v) is 11.3. The Morgan fingerprint density at radius 1 is 1.21 bits per heavy atom. The maximum Gasteiger partial charge on any atom is 0.144 e. The van der Waals surface area contributed by atoms with Crippen LogP contribution in [0.15, 0.2) is 60.8 Å². The monoisotopic (exact) mass is 591 g/mol. The number of rotatable bonds is 12. The fourth-order valence-electron chi connectivity index (χ4n) is 5.79. The molecule has 43 heavy (non-hydrogen) atoms. The van der Waals surface area contributed by atoms with E-state index in [0.717, 1.165) is 38.2 Å². The molecule has 0 amide bonds. The molecule has 2 heterocycles. The molecule has 2 atom stereocenters. The van der Waals surface area contributed by atoms with E-state index in [2.05, 4.69) is 46.3 Å². The Bertz CT molecular complexity index is 1150. The van der Waals surface area contributed by atoms with Crippen molar-refractivity contribution >= 4 is 0 Å². The summed E-state index contributed by atoms with van der Waals surface area (Å²) in [5.41, 5.74) is 3.37. The summed E-state index contributed by atoms with van der Waals surface area (Å²) in [4.78, 5) is 6.85. The van der Waals surface area contributed by atoms with E-state index >= 15 is 0 Å². The summed E-state index contributed by atoms with van der Waals surface area (Å²) >= 11 is 0. The maximum atomic E-state index is 8.75. The summed E-state index contributed by atoms with van der Waals surface area (Å²) in [6.07, 6.45) is 16.9. The van der Waals surface area contributed by atoms with E-state index in [-0.39, 0.29) is 5.54 Å². The number of allylic oxidation sites excluding steroid dienone is 2. The van der Waals surface area contributed by atoms with Crippen molar-refractivity contribution in [2.45, 2.75) is 124 Å². The highest BCUT2D eigenvalue weighted by Gasteiger charge is 2.39. The minimum Gasteiger partial charge on any atom is -0.461 e. The normalized spacial score (nSPS) is 20.7. The molecule has 0 radical (unpaired) electrons. The lowest BCUT2D eigenvalue weighted by Gasteiger charge is -2.39. The number of likely N-dealkylation sites (tertiary alicyclic amines) is 1. The van der Waals surface area contributed by atoms with Crippen LogP contribution in [-0.2, 0) is 17.9 Å². The van der Waals surface area contributed by atoms with E-state index in [4.69, 9.17) is 14.7 Å². The predicted octanol–water partition coefficient (Wildman–Crippen LogP) is 8.38. The standard InChI is InChI=1S/C23H40N4O.C11H11NO.C2H6/c1-4-13-26-18-24-15-21(26)16-28-19-27-14-9-12-23(27,5-2)17-25-22-11-8-6-7-10-20(22)3;1-3-9(2)13-11-7-5-4-6-10(11)8-12;1-2/h15,18,22,25H,3-14,16-17,19H2,1-2H3;3-7H,1-2H3;1-2H3/b;9-3+;. The molecule has 2 aromatic rings. The Kier molecular flexibility index (Phi) is 17.0. The molecule has 4 rings (SSSR count). The number of nitrogens with zero attached hydrogens (tertiary/aromatic N) is 4. The van der Waals surface area contributed by atoms with E-state index in [1.807, 2.05) is 58.4 Å². The lowest BCUT2D eigenvalue weighted by molar-refractivity contribution is -0.0254. The smallest absolute Gasteiger partial charge is 0.144 e. The Morgan fingerprint density at radius 3 is 2.72 bits per heavy atom. The van der Waals surface area contributed by atoms with E-state index < -0.39 is 0 Å². The third kappa shape index (κ3) is 11.3. The molecule has 2 unspecified atom stereocenters. The molecule has 2 aliphatic rings. The van der Waals surface area contributed by atoms with Crippen LogP contribution in [0.25, 0.3) is 0 Å². The number of imidazole rings is 1. The molecule has 7 nitrogen and oxygen atoms in total. The first-order chi connectivity index (χ1) is 21.0. The zero-order valence-electron chi connectivity index (χ0n) is 27.8. The van der Waals surface area contributed by atoms with Crippen LogP contribution in [0.5, 0.6) is 5.75 Å². The zero-order valence-corrected chi connectivity index (χ0v) is 27.8. The van der Waals surface area contributed by atoms with Gasteiger partial charge in [0.15, 0.2) is 0 Å². The van der Waals surface area contributed by atoms with Gasteiger partial charge in [0.25, 0.3) is 0 Å². The third-order valence-electron chi connectivity index (χ3n) is 8.51. The maximum absolute atomic E-state index is 8.75. The molecule has 238 valence electrons. The number of para-hydroxylation sites is 1. The van der Waals surface area contributed by atoms with Crippen molar-refractivity contribution in [1.82, 2.24) is 19.8 Å². The van der Waals surface area contributed by atoms with Crippen molar-refractivity contribution in [3.05, 3.63) is 72.0 Å². The Hall–Kier alpha value is -2.92. The van der Waals surface area contributed by atoms with Crippen molar-refractivity contribution in [3.8, 4) is 11.8 Å². The summed E-state index contributed by atoms with van der Waals surface area (Å²) in [6, 6.07) is 9.75. The average molecular weight is 592 g/mol. The average Bonchev–Trinajstić information content (AvgIpc) is 3.60. The molecular weight excluding hydrogens is 534 g/mol. The van der Waals surface area contributed by atoms with Crippen LogP contribution < -0.4 is 10.1 Å². The van der Waals surface area contributed by atoms with Crippen molar-refractivity contribution in [3.63, 3.8) is 0 Å². The quantitative estimate of drug-likeness (QED) is 0.152. The Balaban J connectivity index is 0.000000360. The summed E-state index contributed by atoms with van der Waals surface area (Å²) in [6.45, 7) is 21.2. The van der Waals surface area contributed by atoms with Gasteiger partial charge < -0.3 is 19.4 Å². The highest BCUT2D eigenvalue weighted by Crippen LogP contribution is 2.33. The number of aromatic nitrogens is 2. The number of hydrogen-bond donors (Lipinski definition) is 1. The van der Waals surface area contributed by atoms with Crippen molar-refractivity contribution in [2.75, 3.05) is 19.8 Å². The van der Waals surface area contributed by atoms with Crippen LogP contribution in [0.3, 0.4) is 0 Å². The first-order valence-corrected chi connectivity index (χ1v) is 16.5. The van der Waals surface area contributed by atoms with Crippen LogP contribution in [0.1, 0.15) is 111 Å². The van der Waals surface area contributed by atoms with E-state index in [1.54, 1.807) is 12.1 Å². The summed E-state index contributed by atoms with van der Waals surface area (Å²) < 4.78 is 13.8.